The van der Waals surface area contributed by atoms with Crippen LogP contribution >= 0.6 is 0 Å². The van der Waals surface area contributed by atoms with Gasteiger partial charge in [0, 0.05) is 50.4 Å². The Kier molecular flexibility index (Phi) is 11.3. The number of carbonyl (C=O) groups is 3. The summed E-state index contributed by atoms with van der Waals surface area (Å²) in [5.41, 5.74) is 3.28. The lowest BCUT2D eigenvalue weighted by Gasteiger charge is -2.46. The van der Waals surface area contributed by atoms with Gasteiger partial charge in [-0.25, -0.2) is 0 Å². The highest BCUT2D eigenvalue weighted by atomic mass is 16.7. The molecule has 0 saturated carbocycles. The number of nitrogens with zero attached hydrogens (tertiary/aromatic N) is 3. The van der Waals surface area contributed by atoms with Crippen LogP contribution in [0, 0.1) is 17.8 Å². The summed E-state index contributed by atoms with van der Waals surface area (Å²) in [6.45, 7) is 2.40. The predicted molar refractivity (Wildman–Crippen MR) is 235 cm³/mol. The van der Waals surface area contributed by atoms with Crippen molar-refractivity contribution in [3.8, 4) is 29.1 Å². The van der Waals surface area contributed by atoms with Gasteiger partial charge in [0.05, 0.1) is 31.2 Å². The molecule has 3 fully saturated rings. The average Bonchev–Trinajstić information content (AvgIpc) is 4.01. The third-order valence-corrected chi connectivity index (χ3v) is 13.1. The third-order valence-electron chi connectivity index (χ3n) is 13.1. The van der Waals surface area contributed by atoms with Gasteiger partial charge in [-0.05, 0) is 70.3 Å². The molecule has 10 rings (SSSR count). The van der Waals surface area contributed by atoms with Crippen molar-refractivity contribution in [1.29, 1.82) is 0 Å². The van der Waals surface area contributed by atoms with Crippen LogP contribution in [-0.4, -0.2) is 102 Å². The summed E-state index contributed by atoms with van der Waals surface area (Å²) in [6.07, 6.45) is -0.555. The first-order valence-corrected chi connectivity index (χ1v) is 21.8. The van der Waals surface area contributed by atoms with Crippen LogP contribution in [0.25, 0.3) is 0 Å². The van der Waals surface area contributed by atoms with Crippen LogP contribution in [0.15, 0.2) is 121 Å². The number of benzene rings is 5. The van der Waals surface area contributed by atoms with Crippen molar-refractivity contribution in [3.05, 3.63) is 155 Å². The van der Waals surface area contributed by atoms with Gasteiger partial charge in [-0.2, -0.15) is 0 Å². The van der Waals surface area contributed by atoms with Gasteiger partial charge in [0.1, 0.15) is 29.9 Å². The maximum absolute atomic E-state index is 15.9. The molecule has 1 spiro atoms. The molecule has 0 unspecified atom stereocenters. The molecule has 13 heteroatoms. The molecule has 0 aliphatic carbocycles. The SMILES string of the molecule is O=C1O[C@H](c2ccccc2)[C@H](c2ccccc2)N2[C@H]1[C@@H](C(=O)N1CCN(Cc3ccc4c(c3)OCO4)CC1)[C@]1(C(=O)Nc3ccc(C#CCCO)cc31)[C@H]2c1cccc(OCCO)c1. The molecule has 5 aromatic carbocycles. The van der Waals surface area contributed by atoms with Crippen LogP contribution in [0.1, 0.15) is 58.0 Å². The van der Waals surface area contributed by atoms with E-state index in [4.69, 9.17) is 18.9 Å². The lowest BCUT2D eigenvalue weighted by atomic mass is 9.65. The fourth-order valence-corrected chi connectivity index (χ4v) is 10.4. The quantitative estimate of drug-likeness (QED) is 0.127. The summed E-state index contributed by atoms with van der Waals surface area (Å²) in [4.78, 5) is 53.0. The summed E-state index contributed by atoms with van der Waals surface area (Å²) in [6, 6.07) is 35.3. The molecule has 6 atom stereocenters. The van der Waals surface area contributed by atoms with Crippen LogP contribution < -0.4 is 19.5 Å². The summed E-state index contributed by atoms with van der Waals surface area (Å²) >= 11 is 0. The van der Waals surface area contributed by atoms with Crippen molar-refractivity contribution in [3.63, 3.8) is 0 Å². The number of rotatable bonds is 10. The number of morpholine rings is 1. The topological polar surface area (TPSA) is 150 Å². The summed E-state index contributed by atoms with van der Waals surface area (Å²) < 4.78 is 23.7. The minimum absolute atomic E-state index is 0.0432. The van der Waals surface area contributed by atoms with Crippen LogP contribution in [0.4, 0.5) is 5.69 Å². The molecule has 326 valence electrons. The van der Waals surface area contributed by atoms with E-state index in [1.165, 1.54) is 0 Å². The number of ether oxygens (including phenoxy) is 4. The molecule has 0 radical (unpaired) electrons. The smallest absolute Gasteiger partial charge is 0.324 e. The van der Waals surface area contributed by atoms with Gasteiger partial charge in [0.2, 0.25) is 18.6 Å². The Balaban J connectivity index is 1.14. The number of fused-ring (bicyclic) bond motifs is 4. The van der Waals surface area contributed by atoms with Crippen molar-refractivity contribution in [2.24, 2.45) is 5.92 Å². The van der Waals surface area contributed by atoms with Crippen LogP contribution in [-0.2, 0) is 31.1 Å². The molecule has 0 aromatic heterocycles. The van der Waals surface area contributed by atoms with E-state index in [0.717, 1.165) is 16.7 Å². The summed E-state index contributed by atoms with van der Waals surface area (Å²) in [7, 11) is 0. The second-order valence-electron chi connectivity index (χ2n) is 16.7. The zero-order chi connectivity index (χ0) is 43.8. The Labute approximate surface area is 371 Å². The van der Waals surface area contributed by atoms with E-state index in [1.54, 1.807) is 17.0 Å². The van der Waals surface area contributed by atoms with Gasteiger partial charge in [-0.3, -0.25) is 24.2 Å². The van der Waals surface area contributed by atoms with E-state index >= 15 is 14.4 Å². The van der Waals surface area contributed by atoms with E-state index < -0.39 is 47.4 Å². The van der Waals surface area contributed by atoms with Crippen LogP contribution in [0.3, 0.4) is 0 Å². The number of aliphatic hydroxyl groups excluding tert-OH is 2. The zero-order valence-corrected chi connectivity index (χ0v) is 35.1. The van der Waals surface area contributed by atoms with Crippen molar-refractivity contribution < 1.29 is 43.5 Å². The molecule has 3 saturated heterocycles. The van der Waals surface area contributed by atoms with Gasteiger partial charge in [0.25, 0.3) is 0 Å². The molecular weight excluding hydrogens is 813 g/mol. The number of piperazine rings is 1. The number of hydrogen-bond acceptors (Lipinski definition) is 11. The van der Waals surface area contributed by atoms with Crippen LogP contribution in [0.5, 0.6) is 17.2 Å². The number of amides is 2. The molecule has 2 amide bonds. The molecule has 5 heterocycles. The fraction of sp³-hybridized carbons (Fsp3) is 0.314. The molecule has 64 heavy (non-hydrogen) atoms. The van der Waals surface area contributed by atoms with E-state index in [9.17, 15) is 10.2 Å². The minimum Gasteiger partial charge on any atom is -0.491 e. The Bertz CT molecular complexity index is 2630. The van der Waals surface area contributed by atoms with Gasteiger partial charge in [0.15, 0.2) is 11.5 Å². The maximum Gasteiger partial charge on any atom is 0.324 e. The first kappa shape index (κ1) is 41.3. The van der Waals surface area contributed by atoms with E-state index in [0.29, 0.717) is 72.4 Å². The Morgan fingerprint density at radius 2 is 1.53 bits per heavy atom. The van der Waals surface area contributed by atoms with Gasteiger partial charge < -0.3 is 39.4 Å². The fourth-order valence-electron chi connectivity index (χ4n) is 10.4. The zero-order valence-electron chi connectivity index (χ0n) is 35.1. The number of aliphatic hydroxyl groups is 2. The Hall–Kier alpha value is -6.69. The summed E-state index contributed by atoms with van der Waals surface area (Å²) in [5, 5.41) is 22.5. The number of nitrogens with one attached hydrogen (secondary N) is 1. The highest BCUT2D eigenvalue weighted by molar-refractivity contribution is 6.12. The lowest BCUT2D eigenvalue weighted by Crippen LogP contribution is -2.58. The largest absolute Gasteiger partial charge is 0.491 e. The minimum atomic E-state index is -1.69. The van der Waals surface area contributed by atoms with Gasteiger partial charge >= 0.3 is 5.97 Å². The number of carbonyl (C=O) groups excluding carboxylic acids is 3. The second kappa shape index (κ2) is 17.5. The normalized spacial score (nSPS) is 24.7. The summed E-state index contributed by atoms with van der Waals surface area (Å²) in [5.74, 6) is 5.46. The molecule has 13 nitrogen and oxygen atoms in total. The van der Waals surface area contributed by atoms with Crippen molar-refractivity contribution in [2.45, 2.75) is 42.6 Å². The monoisotopic (exact) mass is 860 g/mol. The molecule has 0 bridgehead atoms. The average molecular weight is 861 g/mol. The first-order valence-electron chi connectivity index (χ1n) is 21.8. The number of hydrogen-bond donors (Lipinski definition) is 3. The first-order chi connectivity index (χ1) is 31.4. The highest BCUT2D eigenvalue weighted by Gasteiger charge is 2.74. The van der Waals surface area contributed by atoms with Crippen LogP contribution in [0.2, 0.25) is 0 Å². The number of cyclic esters (lactones) is 1. The molecule has 5 aliphatic heterocycles. The second-order valence-corrected chi connectivity index (χ2v) is 16.7. The predicted octanol–water partition coefficient (Wildman–Crippen LogP) is 5.14. The molecule has 3 N–H and O–H groups in total. The highest BCUT2D eigenvalue weighted by Crippen LogP contribution is 2.65. The Morgan fingerprint density at radius 3 is 2.30 bits per heavy atom. The lowest BCUT2D eigenvalue weighted by molar-refractivity contribution is -0.179. The van der Waals surface area contributed by atoms with Crippen molar-refractivity contribution in [1.82, 2.24) is 14.7 Å². The number of anilines is 1. The van der Waals surface area contributed by atoms with Crippen molar-refractivity contribution in [2.75, 3.05) is 58.1 Å². The third kappa shape index (κ3) is 7.22. The molecule has 5 aliphatic rings. The standard InChI is InChI=1S/C51H48N4O9/c56-25-8-7-10-33-17-19-40-39(28-33)51(50(60)52-40)43(48(58)54-23-21-53(22-24-54)31-34-18-20-41-42(29-34)63-32-62-41)45-49(59)64-46(36-13-5-2-6-14-36)44(35-11-3-1-4-12-35)55(45)47(51)37-15-9-16-38(30-37)61-27-26-57/h1-6,9,11-20,28-30,43-47,56-57H,8,21-27,31-32H2,(H,52,60)/t43-,44-,45-,46+,47+,51-/m0/s1. The molecule has 5 aromatic rings. The molecular formula is C51H48N4O9. The van der Waals surface area contributed by atoms with E-state index in [1.807, 2.05) is 109 Å². The van der Waals surface area contributed by atoms with Crippen molar-refractivity contribution >= 4 is 23.5 Å². The maximum atomic E-state index is 15.9. The van der Waals surface area contributed by atoms with E-state index in [2.05, 4.69) is 27.0 Å². The van der Waals surface area contributed by atoms with Gasteiger partial charge in [-0.1, -0.05) is 90.7 Å². The Morgan fingerprint density at radius 1 is 0.781 bits per heavy atom. The van der Waals surface area contributed by atoms with Gasteiger partial charge in [-0.15, -0.1) is 0 Å². The number of esters is 1. The van der Waals surface area contributed by atoms with E-state index in [-0.39, 0.29) is 38.9 Å².